The molecule has 23 heavy (non-hydrogen) atoms. The molecule has 1 aliphatic rings. The zero-order chi connectivity index (χ0) is 16.8. The zero-order valence-electron chi connectivity index (χ0n) is 13.3. The fourth-order valence-corrected chi connectivity index (χ4v) is 5.08. The van der Waals surface area contributed by atoms with E-state index >= 15 is 0 Å². The smallest absolute Gasteiger partial charge is 0.287 e. The van der Waals surface area contributed by atoms with E-state index in [4.69, 9.17) is 9.15 Å². The van der Waals surface area contributed by atoms with Crippen molar-refractivity contribution in [1.29, 1.82) is 0 Å². The molecule has 1 fully saturated rings. The van der Waals surface area contributed by atoms with E-state index in [2.05, 4.69) is 5.32 Å². The number of rotatable bonds is 3. The van der Waals surface area contributed by atoms with Crippen LogP contribution in [-0.4, -0.2) is 38.5 Å². The molecular formula is C16H19NO5S. The number of hydrogen-bond donors (Lipinski definition) is 1. The molecule has 0 saturated carbocycles. The number of amides is 1. The first-order valence-corrected chi connectivity index (χ1v) is 9.15. The van der Waals surface area contributed by atoms with Crippen LogP contribution in [0.1, 0.15) is 29.5 Å². The third-order valence-electron chi connectivity index (χ3n) is 4.27. The van der Waals surface area contributed by atoms with Gasteiger partial charge in [0.2, 0.25) is 0 Å². The monoisotopic (exact) mass is 337 g/mol. The van der Waals surface area contributed by atoms with Crippen molar-refractivity contribution >= 4 is 26.7 Å². The van der Waals surface area contributed by atoms with Crippen molar-refractivity contribution in [2.75, 3.05) is 18.6 Å². The summed E-state index contributed by atoms with van der Waals surface area (Å²) in [6, 6.07) is 5.32. The molecule has 0 unspecified atom stereocenters. The zero-order valence-corrected chi connectivity index (χ0v) is 14.1. The van der Waals surface area contributed by atoms with Crippen LogP contribution in [0.25, 0.3) is 11.0 Å². The predicted molar refractivity (Wildman–Crippen MR) is 86.6 cm³/mol. The molecule has 3 rings (SSSR count). The number of furan rings is 1. The molecular weight excluding hydrogens is 318 g/mol. The molecule has 1 saturated heterocycles. The lowest BCUT2D eigenvalue weighted by Crippen LogP contribution is -2.47. The van der Waals surface area contributed by atoms with Crippen LogP contribution in [0.2, 0.25) is 0 Å². The van der Waals surface area contributed by atoms with Gasteiger partial charge < -0.3 is 14.5 Å². The van der Waals surface area contributed by atoms with Crippen LogP contribution in [0.4, 0.5) is 0 Å². The number of aryl methyl sites for hydroxylation is 1. The van der Waals surface area contributed by atoms with E-state index in [1.165, 1.54) is 0 Å². The first-order chi connectivity index (χ1) is 10.7. The summed E-state index contributed by atoms with van der Waals surface area (Å²) in [5.41, 5.74) is 0.553. The molecule has 1 amide bonds. The quantitative estimate of drug-likeness (QED) is 0.926. The normalized spacial score (nSPS) is 23.1. The lowest BCUT2D eigenvalue weighted by Gasteiger charge is -2.23. The third kappa shape index (κ3) is 2.93. The highest BCUT2D eigenvalue weighted by Gasteiger charge is 2.40. The van der Waals surface area contributed by atoms with Gasteiger partial charge in [-0.2, -0.15) is 0 Å². The first kappa shape index (κ1) is 15.9. The van der Waals surface area contributed by atoms with E-state index in [9.17, 15) is 13.2 Å². The van der Waals surface area contributed by atoms with Crippen molar-refractivity contribution < 1.29 is 22.4 Å². The van der Waals surface area contributed by atoms with Crippen LogP contribution in [0, 0.1) is 6.92 Å². The van der Waals surface area contributed by atoms with Gasteiger partial charge in [0, 0.05) is 10.9 Å². The molecule has 1 aromatic carbocycles. The van der Waals surface area contributed by atoms with Gasteiger partial charge in [-0.1, -0.05) is 0 Å². The average molecular weight is 337 g/mol. The minimum Gasteiger partial charge on any atom is -0.497 e. The predicted octanol–water partition coefficient (Wildman–Crippen LogP) is 2.06. The van der Waals surface area contributed by atoms with E-state index in [0.717, 1.165) is 5.39 Å². The van der Waals surface area contributed by atoms with E-state index in [-0.39, 0.29) is 17.3 Å². The number of benzene rings is 1. The van der Waals surface area contributed by atoms with Gasteiger partial charge in [0.25, 0.3) is 5.91 Å². The Morgan fingerprint density at radius 3 is 2.74 bits per heavy atom. The second-order valence-corrected chi connectivity index (χ2v) is 8.46. The highest BCUT2D eigenvalue weighted by atomic mass is 32.2. The molecule has 7 heteroatoms. The van der Waals surface area contributed by atoms with Gasteiger partial charge in [0.1, 0.15) is 11.3 Å². The Hall–Kier alpha value is -2.02. The summed E-state index contributed by atoms with van der Waals surface area (Å²) in [5, 5.41) is 3.62. The van der Waals surface area contributed by atoms with Gasteiger partial charge in [-0.05, 0) is 38.5 Å². The van der Waals surface area contributed by atoms with E-state index < -0.39 is 21.3 Å². The van der Waals surface area contributed by atoms with Gasteiger partial charge in [0.05, 0.1) is 24.2 Å². The molecule has 0 aliphatic carbocycles. The number of ether oxygens (including phenoxy) is 1. The Bertz CT molecular complexity index is 883. The van der Waals surface area contributed by atoms with Crippen molar-refractivity contribution in [2.24, 2.45) is 0 Å². The SMILES string of the molecule is COc1ccc2oc(C(=O)N[C@@]3(C)CCS(=O)(=O)C3)c(C)c2c1. The summed E-state index contributed by atoms with van der Waals surface area (Å²) in [6.07, 6.45) is 0.411. The fourth-order valence-electron chi connectivity index (χ4n) is 2.98. The van der Waals surface area contributed by atoms with Crippen LogP contribution in [0.15, 0.2) is 22.6 Å². The summed E-state index contributed by atoms with van der Waals surface area (Å²) in [7, 11) is -1.51. The Kier molecular flexibility index (Phi) is 3.63. The van der Waals surface area contributed by atoms with E-state index in [1.807, 2.05) is 6.07 Å². The number of fused-ring (bicyclic) bond motifs is 1. The molecule has 2 aromatic rings. The summed E-state index contributed by atoms with van der Waals surface area (Å²) in [5.74, 6) is 0.553. The lowest BCUT2D eigenvalue weighted by atomic mass is 10.0. The number of methoxy groups -OCH3 is 1. The molecule has 1 atom stereocenters. The standard InChI is InChI=1S/C16H19NO5S/c1-10-12-8-11(21-3)4-5-13(12)22-14(10)15(18)17-16(2)6-7-23(19,20)9-16/h4-5,8H,6-7,9H2,1-3H3,(H,17,18)/t16-/m0/s1. The lowest BCUT2D eigenvalue weighted by molar-refractivity contribution is 0.0888. The Morgan fingerprint density at radius 1 is 1.39 bits per heavy atom. The summed E-state index contributed by atoms with van der Waals surface area (Å²) in [6.45, 7) is 3.55. The van der Waals surface area contributed by atoms with Gasteiger partial charge in [-0.3, -0.25) is 4.79 Å². The van der Waals surface area contributed by atoms with Crippen LogP contribution < -0.4 is 10.1 Å². The molecule has 6 nitrogen and oxygen atoms in total. The molecule has 124 valence electrons. The Balaban J connectivity index is 1.91. The number of carbonyl (C=O) groups is 1. The minimum atomic E-state index is -3.09. The second kappa shape index (κ2) is 5.26. The average Bonchev–Trinajstić information content (AvgIpc) is 2.95. The number of sulfone groups is 1. The van der Waals surface area contributed by atoms with Gasteiger partial charge >= 0.3 is 0 Å². The second-order valence-electron chi connectivity index (χ2n) is 6.28. The maximum Gasteiger partial charge on any atom is 0.287 e. The fraction of sp³-hybridized carbons (Fsp3) is 0.438. The van der Waals surface area contributed by atoms with Gasteiger partial charge in [-0.15, -0.1) is 0 Å². The molecule has 2 heterocycles. The Morgan fingerprint density at radius 2 is 2.13 bits per heavy atom. The van der Waals surface area contributed by atoms with Crippen LogP contribution in [0.3, 0.4) is 0 Å². The van der Waals surface area contributed by atoms with Crippen molar-refractivity contribution in [3.8, 4) is 5.75 Å². The minimum absolute atomic E-state index is 0.0428. The topological polar surface area (TPSA) is 85.6 Å². The maximum absolute atomic E-state index is 12.5. The maximum atomic E-state index is 12.5. The van der Waals surface area contributed by atoms with Gasteiger partial charge in [-0.25, -0.2) is 8.42 Å². The van der Waals surface area contributed by atoms with Crippen LogP contribution in [0.5, 0.6) is 5.75 Å². The number of carbonyl (C=O) groups excluding carboxylic acids is 1. The van der Waals surface area contributed by atoms with Crippen molar-refractivity contribution in [3.63, 3.8) is 0 Å². The molecule has 1 aromatic heterocycles. The number of hydrogen-bond acceptors (Lipinski definition) is 5. The molecule has 0 bridgehead atoms. The molecule has 1 N–H and O–H groups in total. The van der Waals surface area contributed by atoms with Crippen LogP contribution >= 0.6 is 0 Å². The molecule has 0 spiro atoms. The molecule has 0 radical (unpaired) electrons. The van der Waals surface area contributed by atoms with Crippen LogP contribution in [-0.2, 0) is 9.84 Å². The Labute approximate surface area is 134 Å². The van der Waals surface area contributed by atoms with Crippen molar-refractivity contribution in [3.05, 3.63) is 29.5 Å². The van der Waals surface area contributed by atoms with E-state index in [0.29, 0.717) is 23.3 Å². The number of nitrogens with one attached hydrogen (secondary N) is 1. The van der Waals surface area contributed by atoms with Gasteiger partial charge in [0.15, 0.2) is 15.6 Å². The summed E-state index contributed by atoms with van der Waals surface area (Å²) >= 11 is 0. The van der Waals surface area contributed by atoms with Crippen molar-refractivity contribution in [1.82, 2.24) is 5.32 Å². The van der Waals surface area contributed by atoms with E-state index in [1.54, 1.807) is 33.1 Å². The molecule has 1 aliphatic heterocycles. The third-order valence-corrected chi connectivity index (χ3v) is 6.17. The largest absolute Gasteiger partial charge is 0.497 e. The summed E-state index contributed by atoms with van der Waals surface area (Å²) in [4.78, 5) is 12.5. The highest BCUT2D eigenvalue weighted by Crippen LogP contribution is 2.30. The summed E-state index contributed by atoms with van der Waals surface area (Å²) < 4.78 is 34.1. The highest BCUT2D eigenvalue weighted by molar-refractivity contribution is 7.91. The first-order valence-electron chi connectivity index (χ1n) is 7.33. The van der Waals surface area contributed by atoms with Crippen molar-refractivity contribution in [2.45, 2.75) is 25.8 Å².